The van der Waals surface area contributed by atoms with Gasteiger partial charge in [-0.05, 0) is 6.92 Å². The Morgan fingerprint density at radius 1 is 1.64 bits per heavy atom. The van der Waals surface area contributed by atoms with E-state index in [9.17, 15) is 9.59 Å². The summed E-state index contributed by atoms with van der Waals surface area (Å²) in [7, 11) is 0. The minimum absolute atomic E-state index is 0.0747. The molecule has 76 valence electrons. The number of nitrogens with one attached hydrogen (secondary N) is 1. The van der Waals surface area contributed by atoms with Gasteiger partial charge in [0, 0.05) is 0 Å². The molecule has 0 aliphatic rings. The van der Waals surface area contributed by atoms with E-state index in [-0.39, 0.29) is 19.0 Å². The fourth-order valence-electron chi connectivity index (χ4n) is 0.776. The molecule has 0 aliphatic carbocycles. The molecule has 0 atom stereocenters. The van der Waals surface area contributed by atoms with Crippen LogP contribution in [0.4, 0.5) is 0 Å². The Kier molecular flexibility index (Phi) is 3.66. The Hall–Kier alpha value is -1.85. The third-order valence-corrected chi connectivity index (χ3v) is 1.33. The van der Waals surface area contributed by atoms with E-state index in [0.717, 1.165) is 0 Å². The molecule has 0 saturated heterocycles. The van der Waals surface area contributed by atoms with Crippen LogP contribution in [0.25, 0.3) is 0 Å². The van der Waals surface area contributed by atoms with Crippen molar-refractivity contribution in [3.05, 3.63) is 18.4 Å². The molecule has 1 aromatic rings. The zero-order valence-corrected chi connectivity index (χ0v) is 7.65. The molecule has 1 aromatic heterocycles. The first-order chi connectivity index (χ1) is 6.74. The fraction of sp³-hybridized carbons (Fsp3) is 0.375. The van der Waals surface area contributed by atoms with Crippen molar-refractivity contribution in [2.24, 2.45) is 0 Å². The van der Waals surface area contributed by atoms with E-state index in [4.69, 9.17) is 4.42 Å². The van der Waals surface area contributed by atoms with Crippen LogP contribution < -0.4 is 5.32 Å². The van der Waals surface area contributed by atoms with Gasteiger partial charge in [0.25, 0.3) is 5.89 Å². The quantitative estimate of drug-likeness (QED) is 0.687. The van der Waals surface area contributed by atoms with Gasteiger partial charge < -0.3 is 14.5 Å². The summed E-state index contributed by atoms with van der Waals surface area (Å²) in [4.78, 5) is 25.6. The van der Waals surface area contributed by atoms with Crippen molar-refractivity contribution in [3.8, 4) is 0 Å². The maximum Gasteiger partial charge on any atom is 0.325 e. The lowest BCUT2D eigenvalue weighted by atomic mass is 10.5. The molecule has 1 rings (SSSR count). The van der Waals surface area contributed by atoms with Crippen LogP contribution in [0.3, 0.4) is 0 Å². The number of hydrogen-bond acceptors (Lipinski definition) is 5. The van der Waals surface area contributed by atoms with Crippen LogP contribution in [0.1, 0.15) is 17.6 Å². The zero-order valence-electron chi connectivity index (χ0n) is 7.65. The summed E-state index contributed by atoms with van der Waals surface area (Å²) < 4.78 is 9.32. The predicted octanol–water partition coefficient (Wildman–Crippen LogP) is -0.0325. The van der Waals surface area contributed by atoms with Crippen molar-refractivity contribution in [2.45, 2.75) is 6.92 Å². The Morgan fingerprint density at radius 3 is 3.00 bits per heavy atom. The molecular weight excluding hydrogens is 188 g/mol. The average molecular weight is 198 g/mol. The lowest BCUT2D eigenvalue weighted by Gasteiger charge is -2.01. The summed E-state index contributed by atoms with van der Waals surface area (Å²) in [5.74, 6) is -1.11. The van der Waals surface area contributed by atoms with Gasteiger partial charge in [0.05, 0.1) is 12.8 Å². The second-order valence-electron chi connectivity index (χ2n) is 2.32. The minimum atomic E-state index is -0.539. The van der Waals surface area contributed by atoms with E-state index < -0.39 is 11.9 Å². The van der Waals surface area contributed by atoms with Crippen LogP contribution in [0.15, 0.2) is 16.9 Å². The molecule has 6 heteroatoms. The van der Waals surface area contributed by atoms with Crippen LogP contribution in [0.5, 0.6) is 0 Å². The molecule has 0 aliphatic heterocycles. The second kappa shape index (κ2) is 5.00. The van der Waals surface area contributed by atoms with Crippen molar-refractivity contribution in [1.82, 2.24) is 10.3 Å². The number of carbonyl (C=O) groups is 2. The van der Waals surface area contributed by atoms with E-state index in [1.807, 2.05) is 0 Å². The normalized spacial score (nSPS) is 9.50. The summed E-state index contributed by atoms with van der Waals surface area (Å²) in [6.07, 6.45) is 2.62. The molecule has 14 heavy (non-hydrogen) atoms. The third-order valence-electron chi connectivity index (χ3n) is 1.33. The topological polar surface area (TPSA) is 81.4 Å². The first-order valence-corrected chi connectivity index (χ1v) is 4.07. The predicted molar refractivity (Wildman–Crippen MR) is 45.5 cm³/mol. The van der Waals surface area contributed by atoms with Gasteiger partial charge >= 0.3 is 11.9 Å². The first kappa shape index (κ1) is 10.2. The van der Waals surface area contributed by atoms with E-state index in [2.05, 4.69) is 15.0 Å². The van der Waals surface area contributed by atoms with Gasteiger partial charge in [-0.2, -0.15) is 0 Å². The summed E-state index contributed by atoms with van der Waals surface area (Å²) in [6, 6.07) is 0. The second-order valence-corrected chi connectivity index (χ2v) is 2.32. The number of hydrogen-bond donors (Lipinski definition) is 1. The SMILES string of the molecule is CCOC(=O)CNC(=O)c1ncco1. The molecule has 1 N–H and O–H groups in total. The molecule has 0 unspecified atom stereocenters. The third kappa shape index (κ3) is 2.89. The molecule has 1 amide bonds. The summed E-state index contributed by atoms with van der Waals surface area (Å²) in [6.45, 7) is 1.79. The molecule has 0 saturated carbocycles. The van der Waals surface area contributed by atoms with Crippen LogP contribution in [-0.2, 0) is 9.53 Å². The standard InChI is InChI=1S/C8H10N2O4/c1-2-13-6(11)5-10-7(12)8-9-3-4-14-8/h3-4H,2,5H2,1H3,(H,10,12). The number of carbonyl (C=O) groups excluding carboxylic acids is 2. The van der Waals surface area contributed by atoms with E-state index in [1.54, 1.807) is 6.92 Å². The highest BCUT2D eigenvalue weighted by Crippen LogP contribution is 1.92. The average Bonchev–Trinajstić information content (AvgIpc) is 2.67. The van der Waals surface area contributed by atoms with Crippen molar-refractivity contribution in [2.75, 3.05) is 13.2 Å². The van der Waals surface area contributed by atoms with Crippen molar-refractivity contribution < 1.29 is 18.7 Å². The van der Waals surface area contributed by atoms with Gasteiger partial charge in [0.15, 0.2) is 0 Å². The zero-order chi connectivity index (χ0) is 10.4. The maximum absolute atomic E-state index is 11.1. The highest BCUT2D eigenvalue weighted by molar-refractivity contribution is 5.91. The molecular formula is C8H10N2O4. The Balaban J connectivity index is 2.32. The molecule has 0 bridgehead atoms. The Labute approximate surface area is 80.3 Å². The van der Waals surface area contributed by atoms with Crippen LogP contribution in [-0.4, -0.2) is 30.0 Å². The fourth-order valence-corrected chi connectivity index (χ4v) is 0.776. The number of aromatic nitrogens is 1. The Bertz CT molecular complexity index is 307. The largest absolute Gasteiger partial charge is 0.465 e. The van der Waals surface area contributed by atoms with Gasteiger partial charge in [-0.25, -0.2) is 4.98 Å². The van der Waals surface area contributed by atoms with Gasteiger partial charge in [-0.15, -0.1) is 0 Å². The monoisotopic (exact) mass is 198 g/mol. The van der Waals surface area contributed by atoms with Gasteiger partial charge in [-0.1, -0.05) is 0 Å². The first-order valence-electron chi connectivity index (χ1n) is 4.07. The minimum Gasteiger partial charge on any atom is -0.465 e. The number of esters is 1. The summed E-state index contributed by atoms with van der Waals surface area (Å²) >= 11 is 0. The molecule has 0 radical (unpaired) electrons. The van der Waals surface area contributed by atoms with Crippen molar-refractivity contribution >= 4 is 11.9 Å². The van der Waals surface area contributed by atoms with Gasteiger partial charge in [-0.3, -0.25) is 9.59 Å². The smallest absolute Gasteiger partial charge is 0.325 e. The Morgan fingerprint density at radius 2 is 2.43 bits per heavy atom. The number of rotatable bonds is 4. The highest BCUT2D eigenvalue weighted by Gasteiger charge is 2.11. The van der Waals surface area contributed by atoms with Crippen molar-refractivity contribution in [1.29, 1.82) is 0 Å². The molecule has 6 nitrogen and oxygen atoms in total. The molecule has 1 heterocycles. The highest BCUT2D eigenvalue weighted by atomic mass is 16.5. The number of oxazole rings is 1. The van der Waals surface area contributed by atoms with Crippen molar-refractivity contribution in [3.63, 3.8) is 0 Å². The van der Waals surface area contributed by atoms with E-state index >= 15 is 0 Å². The maximum atomic E-state index is 11.1. The number of amides is 1. The van der Waals surface area contributed by atoms with Crippen LogP contribution in [0, 0.1) is 0 Å². The van der Waals surface area contributed by atoms with E-state index in [1.165, 1.54) is 12.5 Å². The molecule has 0 spiro atoms. The lowest BCUT2D eigenvalue weighted by molar-refractivity contribution is -0.141. The van der Waals surface area contributed by atoms with Crippen LogP contribution in [0.2, 0.25) is 0 Å². The van der Waals surface area contributed by atoms with Gasteiger partial charge in [0.2, 0.25) is 0 Å². The van der Waals surface area contributed by atoms with Gasteiger partial charge in [0.1, 0.15) is 12.8 Å². The molecule has 0 aromatic carbocycles. The molecule has 0 fully saturated rings. The summed E-state index contributed by atoms with van der Waals surface area (Å²) in [5, 5.41) is 2.30. The van der Waals surface area contributed by atoms with E-state index in [0.29, 0.717) is 0 Å². The number of nitrogens with zero attached hydrogens (tertiary/aromatic N) is 1. The van der Waals surface area contributed by atoms with Crippen LogP contribution >= 0.6 is 0 Å². The lowest BCUT2D eigenvalue weighted by Crippen LogP contribution is -2.30. The summed E-state index contributed by atoms with van der Waals surface area (Å²) in [5.41, 5.74) is 0. The number of ether oxygens (including phenoxy) is 1.